The minimum absolute atomic E-state index is 0.308. The van der Waals surface area contributed by atoms with Crippen LogP contribution >= 0.6 is 0 Å². The van der Waals surface area contributed by atoms with Crippen molar-refractivity contribution in [2.75, 3.05) is 46.8 Å². The van der Waals surface area contributed by atoms with E-state index in [1.54, 1.807) is 0 Å². The Labute approximate surface area is 156 Å². The molecule has 1 aromatic rings. The lowest BCUT2D eigenvalue weighted by atomic mass is 9.95. The van der Waals surface area contributed by atoms with Crippen LogP contribution in [0.25, 0.3) is 0 Å². The first-order valence-corrected chi connectivity index (χ1v) is 10.2. The van der Waals surface area contributed by atoms with E-state index in [9.17, 15) is 4.79 Å². The molecule has 0 aromatic carbocycles. The fraction of sp³-hybridized carbons (Fsp3) is 0.842. The van der Waals surface area contributed by atoms with Crippen LogP contribution in [0.3, 0.4) is 0 Å². The molecule has 7 heteroatoms. The Bertz CT molecular complexity index is 624. The van der Waals surface area contributed by atoms with Gasteiger partial charge in [0.1, 0.15) is 11.6 Å². The summed E-state index contributed by atoms with van der Waals surface area (Å²) in [5.74, 6) is 3.01. The maximum absolute atomic E-state index is 12.6. The van der Waals surface area contributed by atoms with Gasteiger partial charge in [0.2, 0.25) is 5.91 Å². The third kappa shape index (κ3) is 3.93. The van der Waals surface area contributed by atoms with E-state index in [1.807, 2.05) is 0 Å². The lowest BCUT2D eigenvalue weighted by Gasteiger charge is -2.33. The topological polar surface area (TPSA) is 57.5 Å². The lowest BCUT2D eigenvalue weighted by molar-refractivity contribution is -0.133. The minimum Gasteiger partial charge on any atom is -0.342 e. The molecule has 1 saturated carbocycles. The number of likely N-dealkylation sites (tertiary alicyclic amines) is 2. The Morgan fingerprint density at radius 3 is 2.35 bits per heavy atom. The summed E-state index contributed by atoms with van der Waals surface area (Å²) in [6.45, 7) is 5.34. The van der Waals surface area contributed by atoms with Crippen molar-refractivity contribution in [3.63, 3.8) is 0 Å². The summed E-state index contributed by atoms with van der Waals surface area (Å²) in [6, 6.07) is 0.602. The number of hydrogen-bond acceptors (Lipinski definition) is 5. The molecule has 7 nitrogen and oxygen atoms in total. The van der Waals surface area contributed by atoms with Crippen LogP contribution in [-0.4, -0.2) is 82.2 Å². The number of aromatic nitrogens is 3. The van der Waals surface area contributed by atoms with Crippen LogP contribution in [0.1, 0.15) is 62.1 Å². The van der Waals surface area contributed by atoms with E-state index in [-0.39, 0.29) is 0 Å². The summed E-state index contributed by atoms with van der Waals surface area (Å²) in [6.07, 6.45) is 7.00. The fourth-order valence-electron chi connectivity index (χ4n) is 4.36. The molecule has 4 rings (SSSR count). The average molecular weight is 361 g/mol. The average Bonchev–Trinajstić information content (AvgIpc) is 3.17. The maximum Gasteiger partial charge on any atom is 0.236 e. The quantitative estimate of drug-likeness (QED) is 0.769. The normalized spacial score (nSPS) is 22.5. The molecule has 0 unspecified atom stereocenters. The zero-order valence-corrected chi connectivity index (χ0v) is 16.2. The highest BCUT2D eigenvalue weighted by atomic mass is 16.2. The molecule has 1 aromatic heterocycles. The predicted octanol–water partition coefficient (Wildman–Crippen LogP) is 1.48. The van der Waals surface area contributed by atoms with E-state index in [0.29, 0.717) is 24.4 Å². The molecule has 3 aliphatic rings. The van der Waals surface area contributed by atoms with Crippen molar-refractivity contribution in [3.05, 3.63) is 11.6 Å². The van der Waals surface area contributed by atoms with E-state index in [2.05, 4.69) is 43.6 Å². The molecule has 0 radical (unpaired) electrons. The minimum atomic E-state index is 0.308. The Morgan fingerprint density at radius 1 is 1.04 bits per heavy atom. The first-order chi connectivity index (χ1) is 12.6. The highest BCUT2D eigenvalue weighted by molar-refractivity contribution is 5.78. The molecule has 1 aliphatic carbocycles. The van der Waals surface area contributed by atoms with Gasteiger partial charge >= 0.3 is 0 Å². The van der Waals surface area contributed by atoms with Crippen molar-refractivity contribution >= 4 is 5.91 Å². The second-order valence-electron chi connectivity index (χ2n) is 8.45. The second kappa shape index (κ2) is 7.64. The molecular weight excluding hydrogens is 328 g/mol. The van der Waals surface area contributed by atoms with E-state index < -0.39 is 0 Å². The molecule has 1 amide bonds. The van der Waals surface area contributed by atoms with Crippen molar-refractivity contribution in [2.45, 2.75) is 57.0 Å². The summed E-state index contributed by atoms with van der Waals surface area (Å²) in [7, 11) is 4.16. The maximum atomic E-state index is 12.6. The number of carbonyl (C=O) groups is 1. The second-order valence-corrected chi connectivity index (χ2v) is 8.45. The third-order valence-electron chi connectivity index (χ3n) is 5.93. The molecule has 2 aliphatic heterocycles. The molecule has 2 saturated heterocycles. The van der Waals surface area contributed by atoms with Gasteiger partial charge in [0.05, 0.1) is 13.1 Å². The van der Waals surface area contributed by atoms with Crippen LogP contribution in [0, 0.1) is 0 Å². The Balaban J connectivity index is 1.37. The monoisotopic (exact) mass is 360 g/mol. The van der Waals surface area contributed by atoms with Crippen LogP contribution in [0.15, 0.2) is 0 Å². The van der Waals surface area contributed by atoms with Gasteiger partial charge in [-0.05, 0) is 65.7 Å². The Morgan fingerprint density at radius 2 is 1.73 bits per heavy atom. The van der Waals surface area contributed by atoms with Gasteiger partial charge in [0.15, 0.2) is 0 Å². The van der Waals surface area contributed by atoms with Crippen LogP contribution in [0.2, 0.25) is 0 Å². The molecule has 3 heterocycles. The van der Waals surface area contributed by atoms with Crippen LogP contribution < -0.4 is 0 Å². The van der Waals surface area contributed by atoms with Crippen molar-refractivity contribution in [1.82, 2.24) is 29.5 Å². The first-order valence-electron chi connectivity index (χ1n) is 10.2. The summed E-state index contributed by atoms with van der Waals surface area (Å²) in [4.78, 5) is 19.1. The highest BCUT2D eigenvalue weighted by Gasteiger charge is 2.34. The molecule has 26 heavy (non-hydrogen) atoms. The molecular formula is C19H32N6O. The van der Waals surface area contributed by atoms with Gasteiger partial charge in [0, 0.05) is 25.0 Å². The zero-order valence-electron chi connectivity index (χ0n) is 16.2. The SMILES string of the molecule is CN(C)Cc1nnc(C2CCN(C(=O)CN3CCCC3)CC2)n1C1CC1. The number of rotatable bonds is 6. The van der Waals surface area contributed by atoms with Crippen LogP contribution in [0.4, 0.5) is 0 Å². The fourth-order valence-corrected chi connectivity index (χ4v) is 4.36. The summed E-state index contributed by atoms with van der Waals surface area (Å²) >= 11 is 0. The van der Waals surface area contributed by atoms with Gasteiger partial charge in [-0.1, -0.05) is 0 Å². The lowest BCUT2D eigenvalue weighted by Crippen LogP contribution is -2.43. The summed E-state index contributed by atoms with van der Waals surface area (Å²) < 4.78 is 2.41. The Hall–Kier alpha value is -1.47. The van der Waals surface area contributed by atoms with Gasteiger partial charge in [-0.3, -0.25) is 9.69 Å². The summed E-state index contributed by atoms with van der Waals surface area (Å²) in [5, 5.41) is 9.08. The zero-order chi connectivity index (χ0) is 18.1. The van der Waals surface area contributed by atoms with E-state index in [0.717, 1.165) is 57.2 Å². The molecule has 3 fully saturated rings. The Kier molecular flexibility index (Phi) is 5.27. The van der Waals surface area contributed by atoms with Crippen molar-refractivity contribution in [3.8, 4) is 0 Å². The van der Waals surface area contributed by atoms with Crippen molar-refractivity contribution in [1.29, 1.82) is 0 Å². The summed E-state index contributed by atoms with van der Waals surface area (Å²) in [5.41, 5.74) is 0. The van der Waals surface area contributed by atoms with E-state index >= 15 is 0 Å². The van der Waals surface area contributed by atoms with Gasteiger partial charge < -0.3 is 14.4 Å². The number of amides is 1. The van der Waals surface area contributed by atoms with Crippen LogP contribution in [-0.2, 0) is 11.3 Å². The highest BCUT2D eigenvalue weighted by Crippen LogP contribution is 2.40. The van der Waals surface area contributed by atoms with Crippen LogP contribution in [0.5, 0.6) is 0 Å². The van der Waals surface area contributed by atoms with Crippen molar-refractivity contribution in [2.24, 2.45) is 0 Å². The predicted molar refractivity (Wildman–Crippen MR) is 99.9 cm³/mol. The molecule has 144 valence electrons. The largest absolute Gasteiger partial charge is 0.342 e. The molecule has 0 N–H and O–H groups in total. The standard InChI is InChI=1S/C19H32N6O/c1-22(2)13-17-20-21-19(25(17)16-5-6-16)15-7-11-24(12-8-15)18(26)14-23-9-3-4-10-23/h15-16H,3-14H2,1-2H3. The van der Waals surface area contributed by atoms with Crippen molar-refractivity contribution < 1.29 is 4.79 Å². The van der Waals surface area contributed by atoms with E-state index in [4.69, 9.17) is 0 Å². The van der Waals surface area contributed by atoms with Gasteiger partial charge in [-0.2, -0.15) is 0 Å². The number of piperidine rings is 1. The third-order valence-corrected chi connectivity index (χ3v) is 5.93. The molecule has 0 atom stereocenters. The van der Waals surface area contributed by atoms with Gasteiger partial charge in [-0.15, -0.1) is 10.2 Å². The molecule has 0 bridgehead atoms. The smallest absolute Gasteiger partial charge is 0.236 e. The number of carbonyl (C=O) groups excluding carboxylic acids is 1. The molecule has 0 spiro atoms. The van der Waals surface area contributed by atoms with Gasteiger partial charge in [0.25, 0.3) is 0 Å². The van der Waals surface area contributed by atoms with Gasteiger partial charge in [-0.25, -0.2) is 0 Å². The first kappa shape index (κ1) is 17.9. The number of nitrogens with zero attached hydrogens (tertiary/aromatic N) is 6. The van der Waals surface area contributed by atoms with E-state index in [1.165, 1.54) is 25.7 Å². The number of hydrogen-bond donors (Lipinski definition) is 0.